The molecular weight excluding hydrogens is 419 g/mol. The summed E-state index contributed by atoms with van der Waals surface area (Å²) in [6.07, 6.45) is -0.193. The van der Waals surface area contributed by atoms with Crippen molar-refractivity contribution in [3.05, 3.63) is 63.2 Å². The van der Waals surface area contributed by atoms with Crippen LogP contribution in [-0.4, -0.2) is 17.9 Å². The molecule has 1 unspecified atom stereocenters. The second kappa shape index (κ2) is 8.68. The highest BCUT2D eigenvalue weighted by Gasteiger charge is 2.19. The van der Waals surface area contributed by atoms with Gasteiger partial charge in [-0.1, -0.05) is 36.8 Å². The van der Waals surface area contributed by atoms with Gasteiger partial charge in [-0.3, -0.25) is 20.4 Å². The second-order valence-corrected chi connectivity index (χ2v) is 6.41. The molecular formula is C18H19IN2O3. The number of carbonyl (C=O) groups excluding carboxylic acids is 2. The van der Waals surface area contributed by atoms with Crippen LogP contribution in [0.2, 0.25) is 0 Å². The fraction of sp³-hybridized carbons (Fsp3) is 0.222. The lowest BCUT2D eigenvalue weighted by molar-refractivity contribution is -0.128. The summed E-state index contributed by atoms with van der Waals surface area (Å²) in [6.45, 7) is 3.83. The van der Waals surface area contributed by atoms with E-state index < -0.39 is 12.0 Å². The molecule has 0 aliphatic rings. The van der Waals surface area contributed by atoms with E-state index in [1.165, 1.54) is 0 Å². The van der Waals surface area contributed by atoms with Crippen molar-refractivity contribution in [2.45, 2.75) is 26.4 Å². The minimum atomic E-state index is -0.678. The monoisotopic (exact) mass is 438 g/mol. The van der Waals surface area contributed by atoms with E-state index >= 15 is 0 Å². The van der Waals surface area contributed by atoms with E-state index in [1.807, 2.05) is 50.2 Å². The number of carbonyl (C=O) groups is 2. The first-order chi connectivity index (χ1) is 11.5. The molecule has 1 atom stereocenters. The summed E-state index contributed by atoms with van der Waals surface area (Å²) < 4.78 is 6.49. The summed E-state index contributed by atoms with van der Waals surface area (Å²) in [4.78, 5) is 24.3. The molecule has 0 aliphatic carbocycles. The van der Waals surface area contributed by atoms with Crippen LogP contribution in [0.3, 0.4) is 0 Å². The highest BCUT2D eigenvalue weighted by Crippen LogP contribution is 2.15. The molecule has 0 spiro atoms. The van der Waals surface area contributed by atoms with Crippen LogP contribution in [0, 0.1) is 10.5 Å². The van der Waals surface area contributed by atoms with Gasteiger partial charge in [-0.15, -0.1) is 0 Å². The number of amides is 2. The zero-order chi connectivity index (χ0) is 17.5. The molecule has 0 aromatic heterocycles. The molecule has 6 heteroatoms. The van der Waals surface area contributed by atoms with E-state index in [0.717, 1.165) is 9.13 Å². The summed E-state index contributed by atoms with van der Waals surface area (Å²) in [7, 11) is 0. The van der Waals surface area contributed by atoms with E-state index in [9.17, 15) is 9.59 Å². The van der Waals surface area contributed by atoms with Gasteiger partial charge < -0.3 is 4.74 Å². The zero-order valence-corrected chi connectivity index (χ0v) is 15.7. The quantitative estimate of drug-likeness (QED) is 0.557. The Morgan fingerprint density at radius 1 is 1.08 bits per heavy atom. The van der Waals surface area contributed by atoms with Crippen LogP contribution in [-0.2, 0) is 4.79 Å². The van der Waals surface area contributed by atoms with Crippen LogP contribution >= 0.6 is 22.6 Å². The molecule has 2 amide bonds. The third-order valence-corrected chi connectivity index (χ3v) is 4.32. The van der Waals surface area contributed by atoms with Gasteiger partial charge in [0.15, 0.2) is 6.10 Å². The molecule has 0 fully saturated rings. The molecule has 2 rings (SSSR count). The predicted molar refractivity (Wildman–Crippen MR) is 101 cm³/mol. The number of hydrazine groups is 1. The molecule has 0 aliphatic heterocycles. The molecule has 5 nitrogen and oxygen atoms in total. The van der Waals surface area contributed by atoms with E-state index in [1.54, 1.807) is 12.1 Å². The standard InChI is InChI=1S/C18H19IN2O3/c1-3-16(24-13-10-8-12(2)9-11-13)18(23)21-20-17(22)14-6-4-5-7-15(14)19/h4-11,16H,3H2,1-2H3,(H,20,22)(H,21,23). The number of hydrogen-bond donors (Lipinski definition) is 2. The van der Waals surface area contributed by atoms with E-state index in [-0.39, 0.29) is 5.91 Å². The number of hydrogen-bond acceptors (Lipinski definition) is 3. The van der Waals surface area contributed by atoms with Crippen LogP contribution < -0.4 is 15.6 Å². The lowest BCUT2D eigenvalue weighted by Crippen LogP contribution is -2.48. The summed E-state index contributed by atoms with van der Waals surface area (Å²) in [5.41, 5.74) is 6.47. The third kappa shape index (κ3) is 4.95. The average Bonchev–Trinajstić information content (AvgIpc) is 2.59. The third-order valence-electron chi connectivity index (χ3n) is 3.38. The Balaban J connectivity index is 1.93. The molecule has 2 aromatic rings. The normalized spacial score (nSPS) is 11.5. The zero-order valence-electron chi connectivity index (χ0n) is 13.5. The van der Waals surface area contributed by atoms with Crippen molar-refractivity contribution < 1.29 is 14.3 Å². The van der Waals surface area contributed by atoms with Crippen molar-refractivity contribution >= 4 is 34.4 Å². The van der Waals surface area contributed by atoms with E-state index in [0.29, 0.717) is 17.7 Å². The number of rotatable bonds is 5. The molecule has 2 aromatic carbocycles. The number of halogens is 1. The van der Waals surface area contributed by atoms with Gasteiger partial charge in [0, 0.05) is 3.57 Å². The SMILES string of the molecule is CCC(Oc1ccc(C)cc1)C(=O)NNC(=O)c1ccccc1I. The maximum Gasteiger partial charge on any atom is 0.279 e. The molecule has 2 N–H and O–H groups in total. The van der Waals surface area contributed by atoms with Gasteiger partial charge >= 0.3 is 0 Å². The summed E-state index contributed by atoms with van der Waals surface area (Å²) in [5.74, 6) is -0.137. The smallest absolute Gasteiger partial charge is 0.279 e. The lowest BCUT2D eigenvalue weighted by atomic mass is 10.2. The molecule has 0 radical (unpaired) electrons. The maximum atomic E-state index is 12.2. The Morgan fingerprint density at radius 3 is 2.38 bits per heavy atom. The van der Waals surface area contributed by atoms with Gasteiger partial charge in [-0.05, 0) is 60.2 Å². The van der Waals surface area contributed by atoms with Gasteiger partial charge in [0.1, 0.15) is 5.75 Å². The first kappa shape index (κ1) is 18.3. The van der Waals surface area contributed by atoms with Crippen LogP contribution in [0.4, 0.5) is 0 Å². The second-order valence-electron chi connectivity index (χ2n) is 5.25. The Morgan fingerprint density at radius 2 is 1.75 bits per heavy atom. The van der Waals surface area contributed by atoms with E-state index in [2.05, 4.69) is 33.4 Å². The Hall–Kier alpha value is -2.09. The van der Waals surface area contributed by atoms with Crippen molar-refractivity contribution in [2.24, 2.45) is 0 Å². The molecule has 0 heterocycles. The minimum absolute atomic E-state index is 0.362. The van der Waals surface area contributed by atoms with Crippen LogP contribution in [0.25, 0.3) is 0 Å². The predicted octanol–water partition coefficient (Wildman–Crippen LogP) is 3.22. The fourth-order valence-electron chi connectivity index (χ4n) is 2.01. The molecule has 0 saturated carbocycles. The van der Waals surface area contributed by atoms with Crippen molar-refractivity contribution in [3.8, 4) is 5.75 Å². The van der Waals surface area contributed by atoms with Crippen molar-refractivity contribution in [2.75, 3.05) is 0 Å². The van der Waals surface area contributed by atoms with Gasteiger partial charge in [0.2, 0.25) is 0 Å². The summed E-state index contributed by atoms with van der Waals surface area (Å²) >= 11 is 2.07. The fourth-order valence-corrected chi connectivity index (χ4v) is 2.65. The van der Waals surface area contributed by atoms with Gasteiger partial charge in [-0.25, -0.2) is 0 Å². The number of aryl methyl sites for hydroxylation is 1. The van der Waals surface area contributed by atoms with Crippen LogP contribution in [0.5, 0.6) is 5.75 Å². The first-order valence-corrected chi connectivity index (χ1v) is 8.67. The Kier molecular flexibility index (Phi) is 6.60. The number of ether oxygens (including phenoxy) is 1. The minimum Gasteiger partial charge on any atom is -0.481 e. The van der Waals surface area contributed by atoms with Crippen molar-refractivity contribution in [1.82, 2.24) is 10.9 Å². The topological polar surface area (TPSA) is 67.4 Å². The van der Waals surface area contributed by atoms with Crippen LogP contribution in [0.1, 0.15) is 29.3 Å². The Bertz CT molecular complexity index is 716. The lowest BCUT2D eigenvalue weighted by Gasteiger charge is -2.17. The Labute approximate surface area is 154 Å². The van der Waals surface area contributed by atoms with Crippen molar-refractivity contribution in [3.63, 3.8) is 0 Å². The van der Waals surface area contributed by atoms with Crippen LogP contribution in [0.15, 0.2) is 48.5 Å². The summed E-state index contributed by atoms with van der Waals surface area (Å²) in [6, 6.07) is 14.6. The molecule has 126 valence electrons. The van der Waals surface area contributed by atoms with E-state index in [4.69, 9.17) is 4.74 Å². The number of nitrogens with one attached hydrogen (secondary N) is 2. The van der Waals surface area contributed by atoms with Gasteiger partial charge in [0.25, 0.3) is 11.8 Å². The summed E-state index contributed by atoms with van der Waals surface area (Å²) in [5, 5.41) is 0. The molecule has 0 saturated heterocycles. The first-order valence-electron chi connectivity index (χ1n) is 7.59. The van der Waals surface area contributed by atoms with Crippen molar-refractivity contribution in [1.29, 1.82) is 0 Å². The highest BCUT2D eigenvalue weighted by molar-refractivity contribution is 14.1. The van der Waals surface area contributed by atoms with Gasteiger partial charge in [-0.2, -0.15) is 0 Å². The highest BCUT2D eigenvalue weighted by atomic mass is 127. The number of benzene rings is 2. The van der Waals surface area contributed by atoms with Gasteiger partial charge in [0.05, 0.1) is 5.56 Å². The maximum absolute atomic E-state index is 12.2. The molecule has 0 bridgehead atoms. The largest absolute Gasteiger partial charge is 0.481 e. The average molecular weight is 438 g/mol. The molecule has 24 heavy (non-hydrogen) atoms.